The van der Waals surface area contributed by atoms with Gasteiger partial charge in [0.25, 0.3) is 0 Å². The highest BCUT2D eigenvalue weighted by Crippen LogP contribution is 2.63. The number of aliphatic hydroxyl groups is 1. The quantitative estimate of drug-likeness (QED) is 0.568. The van der Waals surface area contributed by atoms with Crippen LogP contribution in [0.2, 0.25) is 5.02 Å². The molecule has 3 N–H and O–H groups in total. The first-order chi connectivity index (χ1) is 16.7. The molecule has 3 fully saturated rings. The second kappa shape index (κ2) is 8.62. The molecule has 2 unspecified atom stereocenters. The molecule has 0 saturated carbocycles. The fourth-order valence-corrected chi connectivity index (χ4v) is 6.47. The standard InChI is InChI=1S/C26H28ClN3O5/c1-15-7-6-10-17(27)20(15)29-23(33)21-26-12-11-25(2,35-26)18(19(26)24(34)30(21)13-14-31)22(32)28-16-8-4-3-5-9-16/h3-10,18-19,21,31H,11-14H2,1-2H3,(H,28,32)(H,29,33)/t18-,19-,21?,25+,26?/m0/s1. The zero-order valence-corrected chi connectivity index (χ0v) is 20.3. The second-order valence-corrected chi connectivity index (χ2v) is 10.2. The number of para-hydroxylation sites is 2. The number of ether oxygens (including phenoxy) is 1. The molecule has 0 radical (unpaired) electrons. The van der Waals surface area contributed by atoms with Gasteiger partial charge in [-0.05, 0) is 50.5 Å². The second-order valence-electron chi connectivity index (χ2n) is 9.76. The van der Waals surface area contributed by atoms with Crippen molar-refractivity contribution in [2.45, 2.75) is 43.9 Å². The molecule has 3 amide bonds. The maximum absolute atomic E-state index is 13.7. The van der Waals surface area contributed by atoms with Crippen LogP contribution in [-0.2, 0) is 19.1 Å². The van der Waals surface area contributed by atoms with Crippen molar-refractivity contribution >= 4 is 40.7 Å². The van der Waals surface area contributed by atoms with Crippen LogP contribution in [0.15, 0.2) is 48.5 Å². The number of amides is 3. The number of nitrogens with zero attached hydrogens (tertiary/aromatic N) is 1. The molecule has 3 heterocycles. The van der Waals surface area contributed by atoms with E-state index in [0.29, 0.717) is 29.2 Å². The minimum atomic E-state index is -1.17. The molecule has 2 aromatic carbocycles. The number of β-amino-alcohol motifs (C(OH)–C–C–N with tert-alkyl or cyclic N) is 1. The Balaban J connectivity index is 1.51. The smallest absolute Gasteiger partial charge is 0.250 e. The highest BCUT2D eigenvalue weighted by atomic mass is 35.5. The number of nitrogens with one attached hydrogen (secondary N) is 2. The van der Waals surface area contributed by atoms with Gasteiger partial charge in [0.1, 0.15) is 11.6 Å². The van der Waals surface area contributed by atoms with E-state index < -0.39 is 35.0 Å². The average molecular weight is 498 g/mol. The number of benzene rings is 2. The van der Waals surface area contributed by atoms with Crippen LogP contribution >= 0.6 is 11.6 Å². The molecule has 5 atom stereocenters. The lowest BCUT2D eigenvalue weighted by atomic mass is 9.66. The maximum Gasteiger partial charge on any atom is 0.250 e. The summed E-state index contributed by atoms with van der Waals surface area (Å²) in [6.07, 6.45) is 0.988. The number of anilines is 2. The Bertz CT molecular complexity index is 1170. The molecule has 184 valence electrons. The first kappa shape index (κ1) is 23.8. The summed E-state index contributed by atoms with van der Waals surface area (Å²) < 4.78 is 6.52. The van der Waals surface area contributed by atoms with Gasteiger partial charge in [-0.15, -0.1) is 0 Å². The van der Waals surface area contributed by atoms with Crippen LogP contribution in [0.5, 0.6) is 0 Å². The van der Waals surface area contributed by atoms with Crippen LogP contribution in [0.25, 0.3) is 0 Å². The molecule has 35 heavy (non-hydrogen) atoms. The van der Waals surface area contributed by atoms with Gasteiger partial charge in [0.15, 0.2) is 0 Å². The van der Waals surface area contributed by atoms with E-state index in [2.05, 4.69) is 10.6 Å². The predicted octanol–water partition coefficient (Wildman–Crippen LogP) is 2.98. The highest BCUT2D eigenvalue weighted by Gasteiger charge is 2.77. The van der Waals surface area contributed by atoms with Crippen LogP contribution in [0, 0.1) is 18.8 Å². The van der Waals surface area contributed by atoms with Crippen molar-refractivity contribution in [3.8, 4) is 0 Å². The van der Waals surface area contributed by atoms with E-state index in [0.717, 1.165) is 5.56 Å². The first-order valence-electron chi connectivity index (χ1n) is 11.8. The Labute approximate surface area is 208 Å². The van der Waals surface area contributed by atoms with Crippen molar-refractivity contribution in [2.75, 3.05) is 23.8 Å². The minimum absolute atomic E-state index is 0.0379. The van der Waals surface area contributed by atoms with Gasteiger partial charge in [-0.2, -0.15) is 0 Å². The van der Waals surface area contributed by atoms with Crippen molar-refractivity contribution in [3.63, 3.8) is 0 Å². The fraction of sp³-hybridized carbons (Fsp3) is 0.423. The number of aliphatic hydroxyl groups excluding tert-OH is 1. The summed E-state index contributed by atoms with van der Waals surface area (Å²) >= 11 is 6.34. The summed E-state index contributed by atoms with van der Waals surface area (Å²) in [5, 5.41) is 15.9. The molecule has 9 heteroatoms. The number of likely N-dealkylation sites (tertiary alicyclic amines) is 1. The third-order valence-corrected chi connectivity index (χ3v) is 7.97. The molecule has 0 aromatic heterocycles. The molecule has 1 spiro atoms. The lowest BCUT2D eigenvalue weighted by Gasteiger charge is -2.33. The topological polar surface area (TPSA) is 108 Å². The minimum Gasteiger partial charge on any atom is -0.395 e. The largest absolute Gasteiger partial charge is 0.395 e. The Morgan fingerprint density at radius 2 is 1.86 bits per heavy atom. The average Bonchev–Trinajstić information content (AvgIpc) is 3.38. The van der Waals surface area contributed by atoms with E-state index in [9.17, 15) is 19.5 Å². The van der Waals surface area contributed by atoms with Crippen LogP contribution in [0.3, 0.4) is 0 Å². The third kappa shape index (κ3) is 3.63. The number of halogens is 1. The highest BCUT2D eigenvalue weighted by molar-refractivity contribution is 6.34. The van der Waals surface area contributed by atoms with Gasteiger partial charge in [0.05, 0.1) is 34.8 Å². The van der Waals surface area contributed by atoms with Crippen molar-refractivity contribution in [1.82, 2.24) is 4.90 Å². The Morgan fingerprint density at radius 1 is 1.11 bits per heavy atom. The summed E-state index contributed by atoms with van der Waals surface area (Å²) in [6.45, 7) is 3.31. The van der Waals surface area contributed by atoms with Gasteiger partial charge in [0.2, 0.25) is 17.7 Å². The van der Waals surface area contributed by atoms with Crippen molar-refractivity contribution in [2.24, 2.45) is 11.8 Å². The number of fused-ring (bicyclic) bond motifs is 1. The third-order valence-electron chi connectivity index (χ3n) is 7.66. The Morgan fingerprint density at radius 3 is 2.54 bits per heavy atom. The molecule has 3 aliphatic rings. The fourth-order valence-electron chi connectivity index (χ4n) is 6.20. The van der Waals surface area contributed by atoms with Crippen LogP contribution in [0.4, 0.5) is 11.4 Å². The van der Waals surface area contributed by atoms with E-state index in [1.165, 1.54) is 4.90 Å². The van der Waals surface area contributed by atoms with E-state index in [4.69, 9.17) is 16.3 Å². The number of carbonyl (C=O) groups is 3. The van der Waals surface area contributed by atoms with E-state index in [1.54, 1.807) is 24.3 Å². The van der Waals surface area contributed by atoms with Gasteiger partial charge >= 0.3 is 0 Å². The van der Waals surface area contributed by atoms with Crippen LogP contribution < -0.4 is 10.6 Å². The number of aryl methyl sites for hydroxylation is 1. The Hall–Kier alpha value is -2.94. The summed E-state index contributed by atoms with van der Waals surface area (Å²) in [5.74, 6) is -2.72. The van der Waals surface area contributed by atoms with Gasteiger partial charge in [-0.1, -0.05) is 41.9 Å². The summed E-state index contributed by atoms with van der Waals surface area (Å²) in [7, 11) is 0. The number of rotatable bonds is 6. The molecular weight excluding hydrogens is 470 g/mol. The molecule has 2 aromatic rings. The van der Waals surface area contributed by atoms with E-state index >= 15 is 0 Å². The summed E-state index contributed by atoms with van der Waals surface area (Å²) in [4.78, 5) is 42.3. The van der Waals surface area contributed by atoms with Gasteiger partial charge < -0.3 is 25.4 Å². The summed E-state index contributed by atoms with van der Waals surface area (Å²) in [6, 6.07) is 13.3. The molecule has 5 rings (SSSR count). The van der Waals surface area contributed by atoms with E-state index in [1.807, 2.05) is 38.1 Å². The lowest BCUT2D eigenvalue weighted by molar-refractivity contribution is -0.143. The zero-order valence-electron chi connectivity index (χ0n) is 19.6. The number of hydrogen-bond acceptors (Lipinski definition) is 5. The van der Waals surface area contributed by atoms with Gasteiger partial charge in [0, 0.05) is 12.2 Å². The first-order valence-corrected chi connectivity index (χ1v) is 12.1. The van der Waals surface area contributed by atoms with Crippen molar-refractivity contribution < 1.29 is 24.2 Å². The molecule has 2 bridgehead atoms. The molecular formula is C26H28ClN3O5. The van der Waals surface area contributed by atoms with Crippen molar-refractivity contribution in [3.05, 3.63) is 59.1 Å². The zero-order chi connectivity index (χ0) is 25.0. The maximum atomic E-state index is 13.7. The molecule has 3 saturated heterocycles. The van der Waals surface area contributed by atoms with Gasteiger partial charge in [-0.25, -0.2) is 0 Å². The SMILES string of the molecule is Cc1cccc(Cl)c1NC(=O)C1N(CCO)C(=O)[C@@H]2[C@@H](C(=O)Nc3ccccc3)[C@@]3(C)CCC12O3. The van der Waals surface area contributed by atoms with E-state index in [-0.39, 0.29) is 25.0 Å². The molecule has 0 aliphatic carbocycles. The van der Waals surface area contributed by atoms with Gasteiger partial charge in [-0.3, -0.25) is 14.4 Å². The predicted molar refractivity (Wildman–Crippen MR) is 131 cm³/mol. The number of hydrogen-bond donors (Lipinski definition) is 3. The monoisotopic (exact) mass is 497 g/mol. The van der Waals surface area contributed by atoms with Crippen LogP contribution in [-0.4, -0.2) is 58.1 Å². The molecule has 3 aliphatic heterocycles. The van der Waals surface area contributed by atoms with Crippen molar-refractivity contribution in [1.29, 1.82) is 0 Å². The molecule has 8 nitrogen and oxygen atoms in total. The number of carbonyl (C=O) groups excluding carboxylic acids is 3. The Kier molecular flexibility index (Phi) is 5.86. The summed E-state index contributed by atoms with van der Waals surface area (Å²) in [5.41, 5.74) is -0.185. The lowest BCUT2D eigenvalue weighted by Crippen LogP contribution is -2.53. The normalized spacial score (nSPS) is 30.9. The van der Waals surface area contributed by atoms with Crippen LogP contribution in [0.1, 0.15) is 25.3 Å².